The number of urea groups is 1. The Morgan fingerprint density at radius 3 is 2.33 bits per heavy atom. The van der Waals surface area contributed by atoms with Crippen LogP contribution in [0.1, 0.15) is 36.9 Å². The number of nitrogens with one attached hydrogen (secondary N) is 1. The quantitative estimate of drug-likeness (QED) is 0.804. The van der Waals surface area contributed by atoms with E-state index in [0.717, 1.165) is 13.0 Å². The fourth-order valence-electron chi connectivity index (χ4n) is 2.97. The van der Waals surface area contributed by atoms with Gasteiger partial charge in [0.05, 0.1) is 6.04 Å². The molecule has 0 radical (unpaired) electrons. The summed E-state index contributed by atoms with van der Waals surface area (Å²) in [5.41, 5.74) is 2.44. The molecule has 0 spiro atoms. The van der Waals surface area contributed by atoms with E-state index in [1.807, 2.05) is 41.3 Å². The van der Waals surface area contributed by atoms with Gasteiger partial charge < -0.3 is 10.2 Å². The van der Waals surface area contributed by atoms with E-state index in [2.05, 4.69) is 36.5 Å². The van der Waals surface area contributed by atoms with Crippen molar-refractivity contribution in [1.82, 2.24) is 10.2 Å². The third kappa shape index (κ3) is 4.60. The summed E-state index contributed by atoms with van der Waals surface area (Å²) in [7, 11) is 0. The predicted molar refractivity (Wildman–Crippen MR) is 97.8 cm³/mol. The van der Waals surface area contributed by atoms with Crippen LogP contribution < -0.4 is 5.32 Å². The minimum atomic E-state index is 0.0502. The van der Waals surface area contributed by atoms with E-state index >= 15 is 0 Å². The smallest absolute Gasteiger partial charge is 0.317 e. The minimum absolute atomic E-state index is 0.0502. The first-order valence-corrected chi connectivity index (χ1v) is 8.87. The first-order valence-electron chi connectivity index (χ1n) is 8.87. The monoisotopic (exact) mass is 322 g/mol. The van der Waals surface area contributed by atoms with Gasteiger partial charge in [-0.15, -0.1) is 0 Å². The van der Waals surface area contributed by atoms with Crippen LogP contribution in [0.5, 0.6) is 0 Å². The molecule has 1 aliphatic rings. The van der Waals surface area contributed by atoms with Gasteiger partial charge in [-0.3, -0.25) is 0 Å². The summed E-state index contributed by atoms with van der Waals surface area (Å²) in [5, 5.41) is 3.10. The molecular formula is C21H26N2O. The van der Waals surface area contributed by atoms with Gasteiger partial charge in [0, 0.05) is 13.1 Å². The van der Waals surface area contributed by atoms with Crippen LogP contribution in [0.2, 0.25) is 0 Å². The number of carbonyl (C=O) groups is 1. The molecule has 1 atom stereocenters. The van der Waals surface area contributed by atoms with Gasteiger partial charge in [-0.25, -0.2) is 4.79 Å². The summed E-state index contributed by atoms with van der Waals surface area (Å²) in [6.07, 6.45) is 3.36. The lowest BCUT2D eigenvalue weighted by Gasteiger charge is -2.30. The number of amides is 2. The van der Waals surface area contributed by atoms with E-state index in [4.69, 9.17) is 0 Å². The fourth-order valence-corrected chi connectivity index (χ4v) is 2.97. The molecule has 2 aromatic carbocycles. The molecule has 1 unspecified atom stereocenters. The van der Waals surface area contributed by atoms with Gasteiger partial charge in [0.15, 0.2) is 0 Å². The second-order valence-corrected chi connectivity index (χ2v) is 6.65. The van der Waals surface area contributed by atoms with E-state index in [9.17, 15) is 4.79 Å². The first kappa shape index (κ1) is 16.6. The van der Waals surface area contributed by atoms with Gasteiger partial charge >= 0.3 is 6.03 Å². The molecule has 3 heteroatoms. The highest BCUT2D eigenvalue weighted by atomic mass is 16.2. The molecule has 0 aliphatic heterocycles. The van der Waals surface area contributed by atoms with Crippen molar-refractivity contribution in [3.63, 3.8) is 0 Å². The maximum Gasteiger partial charge on any atom is 0.317 e. The maximum absolute atomic E-state index is 12.7. The minimum Gasteiger partial charge on any atom is -0.338 e. The SMILES string of the molecule is CC(c1ccccc1)N(CC1CC1)C(=O)NCCc1ccccc1. The summed E-state index contributed by atoms with van der Waals surface area (Å²) < 4.78 is 0. The fraction of sp³-hybridized carbons (Fsp3) is 0.381. The Labute approximate surface area is 144 Å². The lowest BCUT2D eigenvalue weighted by Crippen LogP contribution is -2.43. The van der Waals surface area contributed by atoms with E-state index in [0.29, 0.717) is 12.5 Å². The highest BCUT2D eigenvalue weighted by Gasteiger charge is 2.29. The average molecular weight is 322 g/mol. The molecule has 1 saturated carbocycles. The molecule has 24 heavy (non-hydrogen) atoms. The molecule has 3 nitrogen and oxygen atoms in total. The van der Waals surface area contributed by atoms with Crippen molar-refractivity contribution in [2.45, 2.75) is 32.2 Å². The normalized spacial score (nSPS) is 14.9. The molecule has 1 aliphatic carbocycles. The Morgan fingerprint density at radius 2 is 1.71 bits per heavy atom. The second kappa shape index (κ2) is 8.00. The Balaban J connectivity index is 1.59. The summed E-state index contributed by atoms with van der Waals surface area (Å²) >= 11 is 0. The van der Waals surface area contributed by atoms with Gasteiger partial charge in [-0.05, 0) is 43.2 Å². The first-order chi connectivity index (χ1) is 11.7. The van der Waals surface area contributed by atoms with Crippen molar-refractivity contribution in [1.29, 1.82) is 0 Å². The Hall–Kier alpha value is -2.29. The topological polar surface area (TPSA) is 32.3 Å². The number of nitrogens with zero attached hydrogens (tertiary/aromatic N) is 1. The van der Waals surface area contributed by atoms with E-state index in [1.165, 1.54) is 24.0 Å². The van der Waals surface area contributed by atoms with E-state index in [-0.39, 0.29) is 12.1 Å². The van der Waals surface area contributed by atoms with Crippen LogP contribution in [0.15, 0.2) is 60.7 Å². The zero-order valence-corrected chi connectivity index (χ0v) is 14.3. The lowest BCUT2D eigenvalue weighted by atomic mass is 10.1. The molecule has 3 rings (SSSR count). The van der Waals surface area contributed by atoms with Crippen molar-refractivity contribution in [3.05, 3.63) is 71.8 Å². The molecule has 0 aromatic heterocycles. The third-order valence-electron chi connectivity index (χ3n) is 4.69. The number of hydrogen-bond donors (Lipinski definition) is 1. The van der Waals surface area contributed by atoms with Gasteiger partial charge in [-0.1, -0.05) is 60.7 Å². The number of hydrogen-bond acceptors (Lipinski definition) is 1. The van der Waals surface area contributed by atoms with E-state index < -0.39 is 0 Å². The van der Waals surface area contributed by atoms with Crippen molar-refractivity contribution >= 4 is 6.03 Å². The summed E-state index contributed by atoms with van der Waals surface area (Å²) in [5.74, 6) is 0.677. The molecule has 2 amide bonds. The van der Waals surface area contributed by atoms with Crippen LogP contribution in [0.4, 0.5) is 4.79 Å². The largest absolute Gasteiger partial charge is 0.338 e. The van der Waals surface area contributed by atoms with Crippen molar-refractivity contribution in [3.8, 4) is 0 Å². The van der Waals surface area contributed by atoms with Crippen LogP contribution >= 0.6 is 0 Å². The highest BCUT2D eigenvalue weighted by molar-refractivity contribution is 5.74. The van der Waals surface area contributed by atoms with Gasteiger partial charge in [0.25, 0.3) is 0 Å². The Morgan fingerprint density at radius 1 is 1.08 bits per heavy atom. The third-order valence-corrected chi connectivity index (χ3v) is 4.69. The van der Waals surface area contributed by atoms with Crippen LogP contribution in [-0.4, -0.2) is 24.0 Å². The molecule has 1 fully saturated rings. The number of benzene rings is 2. The second-order valence-electron chi connectivity index (χ2n) is 6.65. The summed E-state index contributed by atoms with van der Waals surface area (Å²) in [6.45, 7) is 3.65. The average Bonchev–Trinajstić information content (AvgIpc) is 3.45. The molecule has 2 aromatic rings. The zero-order valence-electron chi connectivity index (χ0n) is 14.3. The molecular weight excluding hydrogens is 296 g/mol. The molecule has 0 heterocycles. The van der Waals surface area contributed by atoms with Gasteiger partial charge in [-0.2, -0.15) is 0 Å². The van der Waals surface area contributed by atoms with Crippen LogP contribution in [0.25, 0.3) is 0 Å². The Bertz CT molecular complexity index is 637. The zero-order chi connectivity index (χ0) is 16.8. The molecule has 0 saturated heterocycles. The maximum atomic E-state index is 12.7. The van der Waals surface area contributed by atoms with Crippen molar-refractivity contribution in [2.75, 3.05) is 13.1 Å². The van der Waals surface area contributed by atoms with Crippen molar-refractivity contribution < 1.29 is 4.79 Å². The van der Waals surface area contributed by atoms with Gasteiger partial charge in [0.2, 0.25) is 0 Å². The molecule has 0 bridgehead atoms. The lowest BCUT2D eigenvalue weighted by molar-refractivity contribution is 0.176. The summed E-state index contributed by atoms with van der Waals surface area (Å²) in [4.78, 5) is 14.7. The van der Waals surface area contributed by atoms with E-state index in [1.54, 1.807) is 0 Å². The van der Waals surface area contributed by atoms with Crippen LogP contribution in [0.3, 0.4) is 0 Å². The van der Waals surface area contributed by atoms with Crippen LogP contribution in [-0.2, 0) is 6.42 Å². The van der Waals surface area contributed by atoms with Crippen LogP contribution in [0, 0.1) is 5.92 Å². The standard InChI is InChI=1S/C21H26N2O/c1-17(20-10-6-3-7-11-20)23(16-19-12-13-19)21(24)22-15-14-18-8-4-2-5-9-18/h2-11,17,19H,12-16H2,1H3,(H,22,24). The molecule has 1 N–H and O–H groups in total. The highest BCUT2D eigenvalue weighted by Crippen LogP contribution is 2.32. The predicted octanol–water partition coefficient (Wildman–Crippen LogP) is 4.41. The molecule has 126 valence electrons. The van der Waals surface area contributed by atoms with Gasteiger partial charge in [0.1, 0.15) is 0 Å². The number of rotatable bonds is 7. The Kier molecular flexibility index (Phi) is 5.52. The number of carbonyl (C=O) groups excluding carboxylic acids is 1. The summed E-state index contributed by atoms with van der Waals surface area (Å²) in [6, 6.07) is 20.7. The van der Waals surface area contributed by atoms with Crippen molar-refractivity contribution in [2.24, 2.45) is 5.92 Å².